The van der Waals surface area contributed by atoms with Gasteiger partial charge in [0, 0.05) is 23.2 Å². The molecule has 0 radical (unpaired) electrons. The van der Waals surface area contributed by atoms with Crippen molar-refractivity contribution in [2.75, 3.05) is 0 Å². The Hall–Kier alpha value is -1.70. The standard InChI is InChI=1S/C13H8ClF4N3O3.C2Cl4O2/c1-4-9-5(14)2-6(15)10(11(9)24-20-4)21-8(22)3-7(13(16,17)18)19-12(21)23;3-1(7)8-2(4,5)6/h2-4,20H,1H3,(H,19,23);. The van der Waals surface area contributed by atoms with Crippen LogP contribution in [0.1, 0.15) is 24.2 Å². The van der Waals surface area contributed by atoms with E-state index >= 15 is 0 Å². The Morgan fingerprint density at radius 2 is 1.81 bits per heavy atom. The van der Waals surface area contributed by atoms with E-state index in [1.54, 1.807) is 6.92 Å². The number of carbonyl (C=O) groups excluding carboxylic acids is 1. The lowest BCUT2D eigenvalue weighted by molar-refractivity contribution is -0.141. The van der Waals surface area contributed by atoms with Crippen LogP contribution in [0.2, 0.25) is 5.02 Å². The van der Waals surface area contributed by atoms with Crippen molar-refractivity contribution in [3.05, 3.63) is 55.1 Å². The zero-order chi connectivity index (χ0) is 24.6. The zero-order valence-electron chi connectivity index (χ0n) is 15.1. The second-order valence-electron chi connectivity index (χ2n) is 5.82. The molecule has 2 heterocycles. The fraction of sp³-hybridized carbons (Fsp3) is 0.267. The summed E-state index contributed by atoms with van der Waals surface area (Å²) in [4.78, 5) is 40.3. The summed E-state index contributed by atoms with van der Waals surface area (Å²) >= 11 is 25.4. The molecule has 0 saturated heterocycles. The number of fused-ring (bicyclic) bond motifs is 1. The third-order valence-corrected chi connectivity index (χ3v) is 4.25. The van der Waals surface area contributed by atoms with Gasteiger partial charge in [-0.05, 0) is 47.8 Å². The highest BCUT2D eigenvalue weighted by molar-refractivity contribution is 6.69. The van der Waals surface area contributed by atoms with Gasteiger partial charge in [-0.3, -0.25) is 4.79 Å². The summed E-state index contributed by atoms with van der Waals surface area (Å²) in [5.41, 5.74) is -3.37. The number of benzene rings is 1. The van der Waals surface area contributed by atoms with Crippen LogP contribution in [0.25, 0.3) is 5.69 Å². The van der Waals surface area contributed by atoms with Crippen molar-refractivity contribution in [1.29, 1.82) is 0 Å². The molecule has 2 N–H and O–H groups in total. The van der Waals surface area contributed by atoms with Crippen LogP contribution in [0, 0.1) is 5.82 Å². The van der Waals surface area contributed by atoms with Crippen LogP contribution in [0.4, 0.5) is 22.4 Å². The van der Waals surface area contributed by atoms with Gasteiger partial charge >= 0.3 is 21.3 Å². The predicted molar refractivity (Wildman–Crippen MR) is 107 cm³/mol. The molecule has 1 aliphatic heterocycles. The summed E-state index contributed by atoms with van der Waals surface area (Å²) < 4.78 is 54.2. The summed E-state index contributed by atoms with van der Waals surface area (Å²) in [7, 11) is 0. The molecule has 17 heteroatoms. The maximum Gasteiger partial charge on any atom is 0.431 e. The molecule has 0 amide bonds. The first-order chi connectivity index (χ1) is 14.5. The fourth-order valence-corrected chi connectivity index (χ4v) is 3.26. The van der Waals surface area contributed by atoms with Gasteiger partial charge in [-0.2, -0.15) is 13.2 Å². The average molecular weight is 564 g/mol. The molecule has 0 spiro atoms. The summed E-state index contributed by atoms with van der Waals surface area (Å²) in [6.45, 7) is 1.62. The number of ether oxygens (including phenoxy) is 1. The van der Waals surface area contributed by atoms with E-state index in [9.17, 15) is 31.9 Å². The molecule has 0 bridgehead atoms. The maximum absolute atomic E-state index is 14.3. The average Bonchev–Trinajstić information content (AvgIpc) is 2.96. The van der Waals surface area contributed by atoms with Crippen molar-refractivity contribution in [2.45, 2.75) is 23.1 Å². The number of hydrogen-bond acceptors (Lipinski definition) is 6. The van der Waals surface area contributed by atoms with Crippen LogP contribution in [-0.2, 0) is 10.9 Å². The largest absolute Gasteiger partial charge is 0.431 e. The lowest BCUT2D eigenvalue weighted by Crippen LogP contribution is -2.36. The van der Waals surface area contributed by atoms with Crippen molar-refractivity contribution in [2.24, 2.45) is 0 Å². The minimum Gasteiger partial charge on any atom is -0.405 e. The molecule has 8 nitrogen and oxygen atoms in total. The van der Waals surface area contributed by atoms with E-state index in [1.165, 1.54) is 4.98 Å². The Morgan fingerprint density at radius 3 is 2.25 bits per heavy atom. The van der Waals surface area contributed by atoms with E-state index in [2.05, 4.69) is 21.8 Å². The summed E-state index contributed by atoms with van der Waals surface area (Å²) in [5, 5.41) is -0.0138. The first-order valence-electron chi connectivity index (χ1n) is 7.86. The molecule has 1 aliphatic rings. The van der Waals surface area contributed by atoms with Crippen LogP contribution in [0.3, 0.4) is 0 Å². The second kappa shape index (κ2) is 9.65. The number of nitrogens with one attached hydrogen (secondary N) is 2. The number of rotatable bonds is 1. The third-order valence-electron chi connectivity index (χ3n) is 3.63. The number of aromatic amines is 1. The molecule has 176 valence electrons. The Bertz CT molecular complexity index is 1130. The van der Waals surface area contributed by atoms with Gasteiger partial charge in [-0.15, -0.1) is 5.48 Å². The molecule has 2 aromatic rings. The van der Waals surface area contributed by atoms with E-state index in [-0.39, 0.29) is 27.0 Å². The van der Waals surface area contributed by atoms with E-state index < -0.39 is 50.1 Å². The Labute approximate surface area is 199 Å². The molecule has 0 fully saturated rings. The normalized spacial score (nSPS) is 15.4. The summed E-state index contributed by atoms with van der Waals surface area (Å²) in [6, 6.07) is 0.538. The van der Waals surface area contributed by atoms with Crippen LogP contribution in [-0.4, -0.2) is 19.0 Å². The minimum atomic E-state index is -4.93. The van der Waals surface area contributed by atoms with Gasteiger partial charge in [0.2, 0.25) is 0 Å². The van der Waals surface area contributed by atoms with Crippen LogP contribution < -0.4 is 21.6 Å². The highest BCUT2D eigenvalue weighted by Gasteiger charge is 2.35. The van der Waals surface area contributed by atoms with Crippen LogP contribution in [0.15, 0.2) is 21.7 Å². The maximum atomic E-state index is 14.3. The fourth-order valence-electron chi connectivity index (χ4n) is 2.47. The van der Waals surface area contributed by atoms with Gasteiger partial charge in [-0.1, -0.05) is 11.6 Å². The number of nitrogens with zero attached hydrogens (tertiary/aromatic N) is 1. The molecular weight excluding hydrogens is 555 g/mol. The molecule has 1 aromatic heterocycles. The van der Waals surface area contributed by atoms with Gasteiger partial charge in [-0.25, -0.2) is 18.5 Å². The van der Waals surface area contributed by atoms with Crippen molar-refractivity contribution in [3.63, 3.8) is 0 Å². The highest BCUT2D eigenvalue weighted by Crippen LogP contribution is 2.41. The smallest absolute Gasteiger partial charge is 0.405 e. The molecule has 0 saturated carbocycles. The highest BCUT2D eigenvalue weighted by atomic mass is 35.6. The van der Waals surface area contributed by atoms with Gasteiger partial charge < -0.3 is 14.6 Å². The van der Waals surface area contributed by atoms with E-state index in [1.807, 2.05) is 0 Å². The zero-order valence-corrected chi connectivity index (χ0v) is 18.9. The Balaban J connectivity index is 0.000000390. The number of halogens is 9. The number of alkyl halides is 6. The van der Waals surface area contributed by atoms with E-state index in [0.29, 0.717) is 0 Å². The quantitative estimate of drug-likeness (QED) is 0.288. The number of hydroxylamine groups is 1. The number of carbonyl (C=O) groups is 1. The van der Waals surface area contributed by atoms with E-state index in [0.717, 1.165) is 6.07 Å². The lowest BCUT2D eigenvalue weighted by atomic mass is 10.1. The SMILES string of the molecule is CC1NOc2c1c(Cl)cc(F)c2-n1c(=O)cc(C(F)(F)F)[nH]c1=O.O=C(Cl)OC(Cl)(Cl)Cl. The van der Waals surface area contributed by atoms with Crippen molar-refractivity contribution in [1.82, 2.24) is 15.0 Å². The third kappa shape index (κ3) is 6.21. The van der Waals surface area contributed by atoms with Crippen molar-refractivity contribution < 1.29 is 31.9 Å². The lowest BCUT2D eigenvalue weighted by Gasteiger charge is -2.12. The topological polar surface area (TPSA) is 102 Å². The van der Waals surface area contributed by atoms with Gasteiger partial charge in [0.15, 0.2) is 11.6 Å². The van der Waals surface area contributed by atoms with Gasteiger partial charge in [0.05, 0.1) is 11.1 Å². The molecule has 32 heavy (non-hydrogen) atoms. The van der Waals surface area contributed by atoms with Crippen LogP contribution >= 0.6 is 58.0 Å². The Morgan fingerprint density at radius 1 is 1.22 bits per heavy atom. The second-order valence-corrected chi connectivity index (χ2v) is 8.71. The number of aromatic nitrogens is 2. The molecular formula is C15H8Cl5F4N3O5. The van der Waals surface area contributed by atoms with Gasteiger partial charge in [0.1, 0.15) is 11.4 Å². The first kappa shape index (κ1) is 26.6. The number of hydrogen-bond donors (Lipinski definition) is 2. The molecule has 1 atom stereocenters. The summed E-state index contributed by atoms with van der Waals surface area (Å²) in [6.07, 6.45) is -4.93. The van der Waals surface area contributed by atoms with Crippen molar-refractivity contribution >= 4 is 63.4 Å². The van der Waals surface area contributed by atoms with Crippen LogP contribution in [0.5, 0.6) is 5.75 Å². The number of H-pyrrole nitrogens is 1. The Kier molecular flexibility index (Phi) is 8.01. The minimum absolute atomic E-state index is 0.0138. The van der Waals surface area contributed by atoms with E-state index in [4.69, 9.17) is 51.2 Å². The monoisotopic (exact) mass is 561 g/mol. The molecule has 1 unspecified atom stereocenters. The van der Waals surface area contributed by atoms with Crippen molar-refractivity contribution in [3.8, 4) is 11.4 Å². The molecule has 0 aliphatic carbocycles. The summed E-state index contributed by atoms with van der Waals surface area (Å²) in [5.74, 6) is -1.33. The molecule has 3 rings (SSSR count). The van der Waals surface area contributed by atoms with Gasteiger partial charge in [0.25, 0.3) is 5.56 Å². The molecule has 1 aromatic carbocycles. The predicted octanol–water partition coefficient (Wildman–Crippen LogP) is 4.98. The first-order valence-corrected chi connectivity index (χ1v) is 9.75.